The summed E-state index contributed by atoms with van der Waals surface area (Å²) in [5.41, 5.74) is 0.642. The Morgan fingerprint density at radius 1 is 1.12 bits per heavy atom. The SMILES string of the molecule is CNC(=O)c1cc(NC(=O)[C@@H](NC(=O)c2ccco2)C(C)C)ccc1Cl. The van der Waals surface area contributed by atoms with Crippen LogP contribution in [0, 0.1) is 5.92 Å². The molecule has 2 rings (SSSR count). The number of furan rings is 1. The standard InChI is InChI=1S/C18H20ClN3O4/c1-10(2)15(22-17(24)14-5-4-8-26-14)18(25)21-11-6-7-13(19)12(9-11)16(23)20-3/h4-10,15H,1-3H3,(H,20,23)(H,21,25)(H,22,24)/t15-/m0/s1. The number of hydrogen-bond acceptors (Lipinski definition) is 4. The molecule has 26 heavy (non-hydrogen) atoms. The van der Waals surface area contributed by atoms with E-state index < -0.39 is 17.9 Å². The van der Waals surface area contributed by atoms with Gasteiger partial charge < -0.3 is 20.4 Å². The summed E-state index contributed by atoms with van der Waals surface area (Å²) in [4.78, 5) is 36.6. The zero-order valence-electron chi connectivity index (χ0n) is 14.6. The molecule has 0 saturated heterocycles. The van der Waals surface area contributed by atoms with Crippen LogP contribution in [0.5, 0.6) is 0 Å². The van der Waals surface area contributed by atoms with Crippen molar-refractivity contribution in [2.75, 3.05) is 12.4 Å². The van der Waals surface area contributed by atoms with Crippen LogP contribution in [0.2, 0.25) is 5.02 Å². The van der Waals surface area contributed by atoms with Gasteiger partial charge in [0.15, 0.2) is 5.76 Å². The zero-order chi connectivity index (χ0) is 19.3. The van der Waals surface area contributed by atoms with Crippen molar-refractivity contribution in [2.45, 2.75) is 19.9 Å². The summed E-state index contributed by atoms with van der Waals surface area (Å²) in [5.74, 6) is -1.30. The van der Waals surface area contributed by atoms with Crippen molar-refractivity contribution in [3.8, 4) is 0 Å². The van der Waals surface area contributed by atoms with E-state index in [-0.39, 0.29) is 28.2 Å². The summed E-state index contributed by atoms with van der Waals surface area (Å²) >= 11 is 6.00. The van der Waals surface area contributed by atoms with Gasteiger partial charge in [0.2, 0.25) is 5.91 Å². The van der Waals surface area contributed by atoms with E-state index in [0.717, 1.165) is 0 Å². The van der Waals surface area contributed by atoms with Gasteiger partial charge >= 0.3 is 0 Å². The fourth-order valence-electron chi connectivity index (χ4n) is 2.29. The average molecular weight is 378 g/mol. The highest BCUT2D eigenvalue weighted by Crippen LogP contribution is 2.21. The van der Waals surface area contributed by atoms with Gasteiger partial charge in [0, 0.05) is 12.7 Å². The maximum Gasteiger partial charge on any atom is 0.287 e. The van der Waals surface area contributed by atoms with Gasteiger partial charge in [-0.15, -0.1) is 0 Å². The molecule has 0 radical (unpaired) electrons. The highest BCUT2D eigenvalue weighted by atomic mass is 35.5. The number of carbonyl (C=O) groups is 3. The van der Waals surface area contributed by atoms with E-state index in [0.29, 0.717) is 5.69 Å². The molecule has 1 aromatic heterocycles. The van der Waals surface area contributed by atoms with Crippen molar-refractivity contribution < 1.29 is 18.8 Å². The van der Waals surface area contributed by atoms with E-state index in [1.54, 1.807) is 12.1 Å². The molecular weight excluding hydrogens is 358 g/mol. The van der Waals surface area contributed by atoms with Gasteiger partial charge in [0.25, 0.3) is 11.8 Å². The van der Waals surface area contributed by atoms with E-state index in [1.165, 1.54) is 31.5 Å². The van der Waals surface area contributed by atoms with Crippen molar-refractivity contribution in [3.05, 3.63) is 52.9 Å². The number of halogens is 1. The Bertz CT molecular complexity index is 803. The number of hydrogen-bond donors (Lipinski definition) is 3. The maximum atomic E-state index is 12.6. The van der Waals surface area contributed by atoms with Gasteiger partial charge in [-0.3, -0.25) is 14.4 Å². The number of carbonyl (C=O) groups excluding carboxylic acids is 3. The van der Waals surface area contributed by atoms with Crippen LogP contribution in [0.15, 0.2) is 41.0 Å². The van der Waals surface area contributed by atoms with Crippen molar-refractivity contribution in [1.82, 2.24) is 10.6 Å². The molecule has 138 valence electrons. The molecule has 0 saturated carbocycles. The van der Waals surface area contributed by atoms with Crippen molar-refractivity contribution in [3.63, 3.8) is 0 Å². The fraction of sp³-hybridized carbons (Fsp3) is 0.278. The quantitative estimate of drug-likeness (QED) is 0.720. The van der Waals surface area contributed by atoms with E-state index >= 15 is 0 Å². The first-order valence-electron chi connectivity index (χ1n) is 8.00. The lowest BCUT2D eigenvalue weighted by Gasteiger charge is -2.21. The van der Waals surface area contributed by atoms with Crippen molar-refractivity contribution in [2.24, 2.45) is 5.92 Å². The van der Waals surface area contributed by atoms with Crippen molar-refractivity contribution >= 4 is 35.0 Å². The van der Waals surface area contributed by atoms with Crippen LogP contribution in [-0.4, -0.2) is 30.8 Å². The summed E-state index contributed by atoms with van der Waals surface area (Å²) in [6, 6.07) is 6.90. The minimum atomic E-state index is -0.785. The Hall–Kier alpha value is -2.80. The molecule has 3 amide bonds. The van der Waals surface area contributed by atoms with Crippen LogP contribution in [0.4, 0.5) is 5.69 Å². The maximum absolute atomic E-state index is 12.6. The van der Waals surface area contributed by atoms with Crippen LogP contribution >= 0.6 is 11.6 Å². The van der Waals surface area contributed by atoms with Crippen LogP contribution in [0.25, 0.3) is 0 Å². The molecule has 1 atom stereocenters. The molecule has 0 aliphatic heterocycles. The first-order valence-corrected chi connectivity index (χ1v) is 8.38. The fourth-order valence-corrected chi connectivity index (χ4v) is 2.49. The molecule has 3 N–H and O–H groups in total. The Morgan fingerprint density at radius 2 is 1.85 bits per heavy atom. The molecule has 8 heteroatoms. The summed E-state index contributed by atoms with van der Waals surface area (Å²) in [6.07, 6.45) is 1.38. The highest BCUT2D eigenvalue weighted by molar-refractivity contribution is 6.34. The molecule has 0 unspecified atom stereocenters. The normalized spacial score (nSPS) is 11.7. The number of benzene rings is 1. The molecule has 0 fully saturated rings. The Labute approximate surface area is 156 Å². The number of anilines is 1. The Balaban J connectivity index is 2.15. The van der Waals surface area contributed by atoms with Gasteiger partial charge in [-0.05, 0) is 36.2 Å². The summed E-state index contributed by atoms with van der Waals surface area (Å²) in [7, 11) is 1.49. The molecule has 0 bridgehead atoms. The lowest BCUT2D eigenvalue weighted by Crippen LogP contribution is -2.47. The topological polar surface area (TPSA) is 100 Å². The predicted octanol–water partition coefficient (Wildman–Crippen LogP) is 2.69. The second-order valence-electron chi connectivity index (χ2n) is 5.94. The van der Waals surface area contributed by atoms with E-state index in [1.807, 2.05) is 13.8 Å². The number of amides is 3. The highest BCUT2D eigenvalue weighted by Gasteiger charge is 2.26. The lowest BCUT2D eigenvalue weighted by atomic mass is 10.0. The molecule has 7 nitrogen and oxygen atoms in total. The summed E-state index contributed by atoms with van der Waals surface area (Å²) in [5, 5.41) is 8.10. The molecule has 1 aromatic carbocycles. The van der Waals surface area contributed by atoms with Gasteiger partial charge in [0.1, 0.15) is 6.04 Å². The third-order valence-corrected chi connectivity index (χ3v) is 4.02. The monoisotopic (exact) mass is 377 g/mol. The summed E-state index contributed by atoms with van der Waals surface area (Å²) < 4.78 is 5.04. The van der Waals surface area contributed by atoms with Gasteiger partial charge in [-0.25, -0.2) is 0 Å². The van der Waals surface area contributed by atoms with Crippen LogP contribution in [-0.2, 0) is 4.79 Å². The minimum Gasteiger partial charge on any atom is -0.459 e. The number of nitrogens with one attached hydrogen (secondary N) is 3. The molecule has 1 heterocycles. The third-order valence-electron chi connectivity index (χ3n) is 3.69. The van der Waals surface area contributed by atoms with Crippen LogP contribution < -0.4 is 16.0 Å². The van der Waals surface area contributed by atoms with Crippen LogP contribution in [0.1, 0.15) is 34.8 Å². The Kier molecular flexibility index (Phi) is 6.41. The molecule has 0 spiro atoms. The largest absolute Gasteiger partial charge is 0.459 e. The summed E-state index contributed by atoms with van der Waals surface area (Å²) in [6.45, 7) is 3.62. The first kappa shape index (κ1) is 19.5. The van der Waals surface area contributed by atoms with E-state index in [4.69, 9.17) is 16.0 Å². The zero-order valence-corrected chi connectivity index (χ0v) is 15.4. The van der Waals surface area contributed by atoms with Crippen LogP contribution in [0.3, 0.4) is 0 Å². The van der Waals surface area contributed by atoms with Gasteiger partial charge in [-0.2, -0.15) is 0 Å². The van der Waals surface area contributed by atoms with Crippen molar-refractivity contribution in [1.29, 1.82) is 0 Å². The number of rotatable bonds is 6. The lowest BCUT2D eigenvalue weighted by molar-refractivity contribution is -0.118. The predicted molar refractivity (Wildman–Crippen MR) is 98.3 cm³/mol. The molecule has 0 aliphatic carbocycles. The second kappa shape index (κ2) is 8.53. The Morgan fingerprint density at radius 3 is 2.42 bits per heavy atom. The van der Waals surface area contributed by atoms with E-state index in [2.05, 4.69) is 16.0 Å². The minimum absolute atomic E-state index is 0.122. The smallest absolute Gasteiger partial charge is 0.287 e. The van der Waals surface area contributed by atoms with E-state index in [9.17, 15) is 14.4 Å². The molecule has 0 aliphatic rings. The molecular formula is C18H20ClN3O4. The third kappa shape index (κ3) is 4.64. The first-order chi connectivity index (χ1) is 12.3. The van der Waals surface area contributed by atoms with Gasteiger partial charge in [-0.1, -0.05) is 25.4 Å². The average Bonchev–Trinajstić information content (AvgIpc) is 3.14. The van der Waals surface area contributed by atoms with Gasteiger partial charge in [0.05, 0.1) is 16.8 Å². The molecule has 2 aromatic rings. The second-order valence-corrected chi connectivity index (χ2v) is 6.34.